The molecule has 0 amide bonds. The Morgan fingerprint density at radius 3 is 2.53 bits per heavy atom. The van der Waals surface area contributed by atoms with Crippen LogP contribution in [0.4, 0.5) is 5.13 Å². The van der Waals surface area contributed by atoms with E-state index in [2.05, 4.69) is 25.7 Å². The van der Waals surface area contributed by atoms with E-state index in [1.807, 2.05) is 11.3 Å². The van der Waals surface area contributed by atoms with Gasteiger partial charge in [-0.1, -0.05) is 33.6 Å². The average Bonchev–Trinajstić information content (AvgIpc) is 3.04. The summed E-state index contributed by atoms with van der Waals surface area (Å²) in [7, 11) is 0. The Morgan fingerprint density at radius 1 is 1.37 bits per heavy atom. The van der Waals surface area contributed by atoms with Crippen molar-refractivity contribution in [2.24, 2.45) is 11.7 Å². The summed E-state index contributed by atoms with van der Waals surface area (Å²) in [5.41, 5.74) is 7.05. The predicted molar refractivity (Wildman–Crippen MR) is 83.8 cm³/mol. The van der Waals surface area contributed by atoms with Gasteiger partial charge >= 0.3 is 0 Å². The van der Waals surface area contributed by atoms with Crippen LogP contribution in [0, 0.1) is 5.92 Å². The molecule has 4 heteroatoms. The van der Waals surface area contributed by atoms with E-state index in [-0.39, 0.29) is 0 Å². The van der Waals surface area contributed by atoms with E-state index in [4.69, 9.17) is 10.7 Å². The smallest absolute Gasteiger partial charge is 0.186 e. The monoisotopic (exact) mass is 281 g/mol. The molecule has 0 unspecified atom stereocenters. The zero-order chi connectivity index (χ0) is 13.8. The summed E-state index contributed by atoms with van der Waals surface area (Å²) in [5, 5.41) is 1.21. The second-order valence-electron chi connectivity index (χ2n) is 5.91. The maximum atomic E-state index is 5.85. The molecule has 0 saturated heterocycles. The molecule has 2 rings (SSSR count). The van der Waals surface area contributed by atoms with Gasteiger partial charge in [0.15, 0.2) is 5.13 Å². The first-order chi connectivity index (χ1) is 9.15. The number of rotatable bonds is 6. The SMILES string of the molecule is CCc1nc(N(CC(C)C)C2CCCC2)sc1CN. The number of thiazole rings is 1. The molecular weight excluding hydrogens is 254 g/mol. The fourth-order valence-electron chi connectivity index (χ4n) is 2.92. The summed E-state index contributed by atoms with van der Waals surface area (Å²) in [6, 6.07) is 0.698. The van der Waals surface area contributed by atoms with Crippen molar-refractivity contribution >= 4 is 16.5 Å². The van der Waals surface area contributed by atoms with Crippen LogP contribution in [0.1, 0.15) is 57.0 Å². The second-order valence-corrected chi connectivity index (χ2v) is 6.97. The first-order valence-corrected chi connectivity index (χ1v) is 8.42. The molecule has 0 spiro atoms. The number of hydrogen-bond donors (Lipinski definition) is 1. The van der Waals surface area contributed by atoms with Crippen molar-refractivity contribution in [3.63, 3.8) is 0 Å². The number of aromatic nitrogens is 1. The van der Waals surface area contributed by atoms with Gasteiger partial charge in [-0.3, -0.25) is 0 Å². The Kier molecular flexibility index (Phi) is 5.22. The van der Waals surface area contributed by atoms with Crippen LogP contribution in [-0.4, -0.2) is 17.6 Å². The lowest BCUT2D eigenvalue weighted by molar-refractivity contribution is 0.534. The Labute approximate surface area is 121 Å². The molecular formula is C15H27N3S. The molecule has 1 aromatic rings. The number of anilines is 1. The standard InChI is InChI=1S/C15H27N3S/c1-4-13-14(9-16)19-15(17-13)18(10-11(2)3)12-7-5-6-8-12/h11-12H,4-10,16H2,1-3H3. The third-order valence-corrected chi connectivity index (χ3v) is 5.02. The Morgan fingerprint density at radius 2 is 2.05 bits per heavy atom. The highest BCUT2D eigenvalue weighted by Gasteiger charge is 2.26. The van der Waals surface area contributed by atoms with Crippen molar-refractivity contribution < 1.29 is 0 Å². The van der Waals surface area contributed by atoms with Gasteiger partial charge in [-0.2, -0.15) is 0 Å². The first kappa shape index (κ1) is 14.8. The highest BCUT2D eigenvalue weighted by molar-refractivity contribution is 7.15. The quantitative estimate of drug-likeness (QED) is 0.866. The molecule has 0 aromatic carbocycles. The van der Waals surface area contributed by atoms with E-state index < -0.39 is 0 Å². The second kappa shape index (κ2) is 6.71. The van der Waals surface area contributed by atoms with Crippen LogP contribution >= 0.6 is 11.3 Å². The molecule has 1 fully saturated rings. The van der Waals surface area contributed by atoms with E-state index in [1.54, 1.807) is 0 Å². The summed E-state index contributed by atoms with van der Waals surface area (Å²) in [4.78, 5) is 8.69. The third-order valence-electron chi connectivity index (χ3n) is 3.86. The van der Waals surface area contributed by atoms with Crippen molar-refractivity contribution in [3.05, 3.63) is 10.6 Å². The van der Waals surface area contributed by atoms with Crippen molar-refractivity contribution in [1.29, 1.82) is 0 Å². The maximum absolute atomic E-state index is 5.85. The Balaban J connectivity index is 2.23. The van der Waals surface area contributed by atoms with Gasteiger partial charge in [-0.15, -0.1) is 11.3 Å². The van der Waals surface area contributed by atoms with Gasteiger partial charge in [0.05, 0.1) is 5.69 Å². The van der Waals surface area contributed by atoms with Crippen molar-refractivity contribution in [3.8, 4) is 0 Å². The molecule has 0 atom stereocenters. The van der Waals surface area contributed by atoms with Crippen LogP contribution in [-0.2, 0) is 13.0 Å². The molecule has 19 heavy (non-hydrogen) atoms. The Hall–Kier alpha value is -0.610. The van der Waals surface area contributed by atoms with E-state index in [1.165, 1.54) is 41.4 Å². The average molecular weight is 281 g/mol. The zero-order valence-electron chi connectivity index (χ0n) is 12.5. The van der Waals surface area contributed by atoms with E-state index >= 15 is 0 Å². The van der Waals surface area contributed by atoms with Crippen LogP contribution in [0.5, 0.6) is 0 Å². The fourth-order valence-corrected chi connectivity index (χ4v) is 4.03. The predicted octanol–water partition coefficient (Wildman–Crippen LogP) is 3.57. The van der Waals surface area contributed by atoms with Crippen LogP contribution in [0.15, 0.2) is 0 Å². The van der Waals surface area contributed by atoms with Gasteiger partial charge in [-0.05, 0) is 25.2 Å². The molecule has 0 bridgehead atoms. The van der Waals surface area contributed by atoms with Crippen molar-refractivity contribution in [1.82, 2.24) is 4.98 Å². The minimum atomic E-state index is 0.626. The molecule has 2 N–H and O–H groups in total. The van der Waals surface area contributed by atoms with Gasteiger partial charge < -0.3 is 10.6 Å². The van der Waals surface area contributed by atoms with Gasteiger partial charge in [-0.25, -0.2) is 4.98 Å². The normalized spacial score (nSPS) is 16.5. The minimum absolute atomic E-state index is 0.626. The number of hydrogen-bond acceptors (Lipinski definition) is 4. The van der Waals surface area contributed by atoms with Gasteiger partial charge in [0.2, 0.25) is 0 Å². The largest absolute Gasteiger partial charge is 0.345 e. The highest BCUT2D eigenvalue weighted by atomic mass is 32.1. The molecule has 1 aliphatic rings. The molecule has 3 nitrogen and oxygen atoms in total. The lowest BCUT2D eigenvalue weighted by Crippen LogP contribution is -2.36. The van der Waals surface area contributed by atoms with Crippen LogP contribution in [0.3, 0.4) is 0 Å². The molecule has 1 aliphatic carbocycles. The van der Waals surface area contributed by atoms with Gasteiger partial charge in [0.25, 0.3) is 0 Å². The molecule has 1 aromatic heterocycles. The van der Waals surface area contributed by atoms with Crippen molar-refractivity contribution in [2.75, 3.05) is 11.4 Å². The highest BCUT2D eigenvalue weighted by Crippen LogP contribution is 2.33. The molecule has 108 valence electrons. The summed E-state index contributed by atoms with van der Waals surface area (Å²) >= 11 is 1.81. The lowest BCUT2D eigenvalue weighted by atomic mass is 10.1. The molecule has 1 saturated carbocycles. The third kappa shape index (κ3) is 3.48. The summed E-state index contributed by atoms with van der Waals surface area (Å²) in [6.45, 7) is 8.49. The summed E-state index contributed by atoms with van der Waals surface area (Å²) < 4.78 is 0. The number of nitrogens with zero attached hydrogens (tertiary/aromatic N) is 2. The van der Waals surface area contributed by atoms with E-state index in [9.17, 15) is 0 Å². The topological polar surface area (TPSA) is 42.2 Å². The fraction of sp³-hybridized carbons (Fsp3) is 0.800. The van der Waals surface area contributed by atoms with E-state index in [0.717, 1.165) is 13.0 Å². The number of aryl methyl sites for hydroxylation is 1. The first-order valence-electron chi connectivity index (χ1n) is 7.61. The molecule has 0 radical (unpaired) electrons. The zero-order valence-corrected chi connectivity index (χ0v) is 13.3. The number of nitrogens with two attached hydrogens (primary N) is 1. The van der Waals surface area contributed by atoms with Crippen molar-refractivity contribution in [2.45, 2.75) is 65.5 Å². The van der Waals surface area contributed by atoms with Gasteiger partial charge in [0, 0.05) is 24.0 Å². The van der Waals surface area contributed by atoms with Crippen LogP contribution < -0.4 is 10.6 Å². The van der Waals surface area contributed by atoms with Crippen LogP contribution in [0.25, 0.3) is 0 Å². The van der Waals surface area contributed by atoms with Gasteiger partial charge in [0.1, 0.15) is 0 Å². The maximum Gasteiger partial charge on any atom is 0.186 e. The lowest BCUT2D eigenvalue weighted by Gasteiger charge is -2.30. The molecule has 1 heterocycles. The molecule has 0 aliphatic heterocycles. The summed E-state index contributed by atoms with van der Waals surface area (Å²) in [5.74, 6) is 0.677. The van der Waals surface area contributed by atoms with Crippen LogP contribution in [0.2, 0.25) is 0 Å². The minimum Gasteiger partial charge on any atom is -0.345 e. The summed E-state index contributed by atoms with van der Waals surface area (Å²) in [6.07, 6.45) is 6.38. The Bertz CT molecular complexity index is 373. The van der Waals surface area contributed by atoms with E-state index in [0.29, 0.717) is 18.5 Å².